The van der Waals surface area contributed by atoms with Gasteiger partial charge in [-0.05, 0) is 92.7 Å². The molecule has 1 heterocycles. The van der Waals surface area contributed by atoms with E-state index in [1.54, 1.807) is 12.1 Å². The summed E-state index contributed by atoms with van der Waals surface area (Å²) in [6.45, 7) is 0. The van der Waals surface area contributed by atoms with Gasteiger partial charge in [0, 0.05) is 11.2 Å². The van der Waals surface area contributed by atoms with Gasteiger partial charge in [0.25, 0.3) is 10.0 Å². The molecule has 4 aliphatic carbocycles. The molecule has 2 aromatic carbocycles. The van der Waals surface area contributed by atoms with E-state index in [0.29, 0.717) is 28.8 Å². The van der Waals surface area contributed by atoms with Gasteiger partial charge in [0.2, 0.25) is 10.0 Å². The summed E-state index contributed by atoms with van der Waals surface area (Å²) in [4.78, 5) is 0.181. The van der Waals surface area contributed by atoms with Crippen molar-refractivity contribution < 1.29 is 16.8 Å². The lowest BCUT2D eigenvalue weighted by Gasteiger charge is -2.56. The van der Waals surface area contributed by atoms with Crippen molar-refractivity contribution in [1.29, 1.82) is 0 Å². The molecule has 1 aromatic heterocycles. The molecule has 0 spiro atoms. The Balaban J connectivity index is 1.22. The maximum atomic E-state index is 13.2. The van der Waals surface area contributed by atoms with Crippen LogP contribution in [0.25, 0.3) is 11.0 Å². The van der Waals surface area contributed by atoms with Crippen molar-refractivity contribution in [2.45, 2.75) is 53.9 Å². The van der Waals surface area contributed by atoms with E-state index in [-0.39, 0.29) is 21.0 Å². The maximum Gasteiger partial charge on any atom is 0.264 e. The van der Waals surface area contributed by atoms with E-state index in [9.17, 15) is 16.8 Å². The smallest absolute Gasteiger partial charge is 0.264 e. The Morgan fingerprint density at radius 3 is 2.09 bits per heavy atom. The number of hydrogen-bond donors (Lipinski definition) is 2. The Morgan fingerprint density at radius 1 is 0.818 bits per heavy atom. The molecule has 33 heavy (non-hydrogen) atoms. The second-order valence-corrected chi connectivity index (χ2v) is 13.7. The zero-order valence-corrected chi connectivity index (χ0v) is 20.2. The predicted molar refractivity (Wildman–Crippen MR) is 126 cm³/mol. The average Bonchev–Trinajstić information content (AvgIpc) is 3.21. The number of anilines is 1. The summed E-state index contributed by atoms with van der Waals surface area (Å²) in [5.74, 6) is 1.90. The van der Waals surface area contributed by atoms with Crippen LogP contribution >= 0.6 is 11.7 Å². The largest absolute Gasteiger partial charge is 0.280 e. The van der Waals surface area contributed by atoms with Crippen LogP contribution in [0.1, 0.15) is 38.5 Å². The molecule has 2 N–H and O–H groups in total. The van der Waals surface area contributed by atoms with Crippen molar-refractivity contribution in [2.24, 2.45) is 17.8 Å². The molecule has 4 aliphatic rings. The fourth-order valence-corrected chi connectivity index (χ4v) is 9.75. The third kappa shape index (κ3) is 3.84. The van der Waals surface area contributed by atoms with Gasteiger partial charge < -0.3 is 0 Å². The molecule has 0 atom stereocenters. The van der Waals surface area contributed by atoms with Crippen LogP contribution < -0.4 is 9.44 Å². The van der Waals surface area contributed by atoms with E-state index in [0.717, 1.165) is 31.0 Å². The topological polar surface area (TPSA) is 118 Å². The van der Waals surface area contributed by atoms with Gasteiger partial charge in [-0.2, -0.15) is 8.75 Å². The first-order valence-electron chi connectivity index (χ1n) is 11.1. The number of fused-ring (bicyclic) bond motifs is 1. The summed E-state index contributed by atoms with van der Waals surface area (Å²) in [6, 6.07) is 10.6. The normalized spacial score (nSPS) is 28.9. The Bertz CT molecular complexity index is 1400. The molecule has 4 saturated carbocycles. The number of nitrogens with zero attached hydrogens (tertiary/aromatic N) is 2. The van der Waals surface area contributed by atoms with E-state index < -0.39 is 20.0 Å². The highest BCUT2D eigenvalue weighted by Crippen LogP contribution is 2.56. The van der Waals surface area contributed by atoms with Gasteiger partial charge in [-0.15, -0.1) is 0 Å². The highest BCUT2D eigenvalue weighted by Gasteiger charge is 2.52. The van der Waals surface area contributed by atoms with Crippen LogP contribution in [0.15, 0.2) is 52.3 Å². The molecular weight excluding hydrogens is 480 g/mol. The van der Waals surface area contributed by atoms with Gasteiger partial charge >= 0.3 is 0 Å². The zero-order chi connectivity index (χ0) is 22.8. The van der Waals surface area contributed by atoms with Crippen molar-refractivity contribution in [1.82, 2.24) is 13.5 Å². The number of aromatic nitrogens is 2. The molecular formula is C22H24N4O4S3. The van der Waals surface area contributed by atoms with E-state index in [1.807, 2.05) is 0 Å². The molecule has 3 aromatic rings. The van der Waals surface area contributed by atoms with Gasteiger partial charge in [-0.25, -0.2) is 21.6 Å². The summed E-state index contributed by atoms with van der Waals surface area (Å²) < 4.78 is 65.9. The van der Waals surface area contributed by atoms with Gasteiger partial charge in [0.1, 0.15) is 15.9 Å². The van der Waals surface area contributed by atoms with Crippen LogP contribution in [0, 0.1) is 17.8 Å². The average molecular weight is 505 g/mol. The lowest BCUT2D eigenvalue weighted by Crippen LogP contribution is -2.59. The fourth-order valence-electron chi connectivity index (χ4n) is 6.49. The first-order valence-corrected chi connectivity index (χ1v) is 14.8. The van der Waals surface area contributed by atoms with Crippen LogP contribution in [0.3, 0.4) is 0 Å². The van der Waals surface area contributed by atoms with Crippen LogP contribution in [0.2, 0.25) is 0 Å². The Morgan fingerprint density at radius 2 is 1.45 bits per heavy atom. The number of rotatable bonds is 6. The third-order valence-corrected chi connectivity index (χ3v) is 10.9. The van der Waals surface area contributed by atoms with E-state index in [2.05, 4.69) is 18.2 Å². The molecule has 0 saturated heterocycles. The van der Waals surface area contributed by atoms with Crippen LogP contribution in [-0.2, 0) is 20.0 Å². The van der Waals surface area contributed by atoms with Crippen LogP contribution in [-0.4, -0.2) is 31.1 Å². The molecule has 4 bridgehead atoms. The SMILES string of the molecule is O=S(=O)(NC12CC3CC(CC(C3)C1)C2)c1ccc(NS(=O)(=O)c2cccc3nsnc23)cc1. The van der Waals surface area contributed by atoms with E-state index in [1.165, 1.54) is 49.6 Å². The van der Waals surface area contributed by atoms with Crippen molar-refractivity contribution >= 4 is 48.5 Å². The minimum Gasteiger partial charge on any atom is -0.280 e. The van der Waals surface area contributed by atoms with Gasteiger partial charge in [0.15, 0.2) is 0 Å². The van der Waals surface area contributed by atoms with Crippen molar-refractivity contribution in [3.8, 4) is 0 Å². The highest BCUT2D eigenvalue weighted by molar-refractivity contribution is 7.93. The fraction of sp³-hybridized carbons (Fsp3) is 0.455. The molecule has 4 fully saturated rings. The summed E-state index contributed by atoms with van der Waals surface area (Å²) >= 11 is 0.951. The molecule has 8 nitrogen and oxygen atoms in total. The molecule has 7 rings (SSSR count). The number of nitrogens with one attached hydrogen (secondary N) is 2. The molecule has 0 radical (unpaired) electrons. The number of hydrogen-bond acceptors (Lipinski definition) is 7. The van der Waals surface area contributed by atoms with E-state index >= 15 is 0 Å². The first-order chi connectivity index (χ1) is 15.7. The third-order valence-electron chi connectivity index (χ3n) is 7.34. The highest BCUT2D eigenvalue weighted by atomic mass is 32.2. The summed E-state index contributed by atoms with van der Waals surface area (Å²) in [7, 11) is -7.61. The second-order valence-electron chi connectivity index (χ2n) is 9.82. The van der Waals surface area contributed by atoms with Crippen molar-refractivity contribution in [3.63, 3.8) is 0 Å². The molecule has 0 unspecified atom stereocenters. The van der Waals surface area contributed by atoms with Gasteiger partial charge in [-0.3, -0.25) is 4.72 Å². The lowest BCUT2D eigenvalue weighted by molar-refractivity contribution is -0.00810. The molecule has 0 aliphatic heterocycles. The molecule has 0 amide bonds. The zero-order valence-electron chi connectivity index (χ0n) is 17.8. The Hall–Kier alpha value is -2.08. The van der Waals surface area contributed by atoms with E-state index in [4.69, 9.17) is 0 Å². The number of benzene rings is 2. The van der Waals surface area contributed by atoms with Crippen LogP contribution in [0.5, 0.6) is 0 Å². The molecule has 11 heteroatoms. The van der Waals surface area contributed by atoms with Gasteiger partial charge in [-0.1, -0.05) is 6.07 Å². The van der Waals surface area contributed by atoms with Crippen LogP contribution in [0.4, 0.5) is 5.69 Å². The molecule has 174 valence electrons. The predicted octanol–water partition coefficient (Wildman–Crippen LogP) is 3.74. The quantitative estimate of drug-likeness (QED) is 0.528. The van der Waals surface area contributed by atoms with Gasteiger partial charge in [0.05, 0.1) is 16.6 Å². The Kier molecular flexibility index (Phi) is 4.85. The minimum atomic E-state index is -3.91. The first kappa shape index (κ1) is 21.5. The van der Waals surface area contributed by atoms with Crippen molar-refractivity contribution in [2.75, 3.05) is 4.72 Å². The second kappa shape index (κ2) is 7.46. The monoisotopic (exact) mass is 504 g/mol. The summed E-state index contributed by atoms with van der Waals surface area (Å²) in [5.41, 5.74) is 0.784. The Labute approximate surface area is 197 Å². The lowest BCUT2D eigenvalue weighted by atomic mass is 9.53. The minimum absolute atomic E-state index is 0.0360. The number of sulfonamides is 2. The maximum absolute atomic E-state index is 13.2. The van der Waals surface area contributed by atoms with Crippen molar-refractivity contribution in [3.05, 3.63) is 42.5 Å². The summed E-state index contributed by atoms with van der Waals surface area (Å²) in [5, 5.41) is 0. The standard InChI is InChI=1S/C22H24N4O4S3/c27-32(28,26-22-11-14-8-15(12-22)10-16(9-14)13-22)18-6-4-17(5-7-18)25-33(29,30)20-3-1-2-19-21(20)24-31-23-19/h1-7,14-16,25-26H,8-13H2. The summed E-state index contributed by atoms with van der Waals surface area (Å²) in [6.07, 6.45) is 6.48.